The van der Waals surface area contributed by atoms with Crippen molar-refractivity contribution in [2.45, 2.75) is 18.9 Å². The molecular formula is C7H14NO. The Labute approximate surface area is 56.8 Å². The summed E-state index contributed by atoms with van der Waals surface area (Å²) < 4.78 is 5.18. The topological polar surface area (TPSA) is 12.5 Å². The van der Waals surface area contributed by atoms with Crippen LogP contribution in [-0.2, 0) is 4.74 Å². The van der Waals surface area contributed by atoms with Gasteiger partial charge in [-0.05, 0) is 12.8 Å². The number of piperidine rings is 1. The normalized spacial score (nSPS) is 24.7. The minimum Gasteiger partial charge on any atom is -0.381 e. The molecule has 1 aliphatic rings. The van der Waals surface area contributed by atoms with Gasteiger partial charge < -0.3 is 9.64 Å². The maximum Gasteiger partial charge on any atom is 0.0595 e. The van der Waals surface area contributed by atoms with Gasteiger partial charge in [-0.1, -0.05) is 0 Å². The molecule has 0 bridgehead atoms. The quantitative estimate of drug-likeness (QED) is 0.520. The van der Waals surface area contributed by atoms with Crippen LogP contribution in [0.5, 0.6) is 0 Å². The van der Waals surface area contributed by atoms with Gasteiger partial charge in [0.05, 0.1) is 6.10 Å². The average molecular weight is 128 g/mol. The van der Waals surface area contributed by atoms with Gasteiger partial charge >= 0.3 is 0 Å². The summed E-state index contributed by atoms with van der Waals surface area (Å²) in [7, 11) is 5.63. The molecule has 0 aromatic heterocycles. The average Bonchev–Trinajstić information content (AvgIpc) is 1.90. The fraction of sp³-hybridized carbons (Fsp3) is 0.857. The maximum atomic E-state index is 5.18. The van der Waals surface area contributed by atoms with Gasteiger partial charge in [-0.25, -0.2) is 0 Å². The molecule has 0 saturated carbocycles. The molecule has 0 aromatic carbocycles. The van der Waals surface area contributed by atoms with Crippen molar-refractivity contribution in [1.29, 1.82) is 0 Å². The van der Waals surface area contributed by atoms with E-state index in [4.69, 9.17) is 4.74 Å². The highest BCUT2D eigenvalue weighted by atomic mass is 16.5. The molecule has 1 heterocycles. The summed E-state index contributed by atoms with van der Waals surface area (Å²) in [5.74, 6) is 0. The fourth-order valence-electron chi connectivity index (χ4n) is 1.14. The highest BCUT2D eigenvalue weighted by molar-refractivity contribution is 4.70. The molecule has 0 N–H and O–H groups in total. The van der Waals surface area contributed by atoms with E-state index >= 15 is 0 Å². The zero-order valence-electron chi connectivity index (χ0n) is 5.97. The van der Waals surface area contributed by atoms with Gasteiger partial charge in [0.25, 0.3) is 0 Å². The van der Waals surface area contributed by atoms with Crippen molar-refractivity contribution in [1.82, 2.24) is 4.90 Å². The first kappa shape index (κ1) is 7.03. The van der Waals surface area contributed by atoms with E-state index < -0.39 is 0 Å². The Balaban J connectivity index is 2.18. The molecule has 0 aromatic rings. The second-order valence-corrected chi connectivity index (χ2v) is 2.55. The number of hydrogen-bond donors (Lipinski definition) is 0. The molecule has 1 saturated heterocycles. The Hall–Kier alpha value is -0.0800. The zero-order chi connectivity index (χ0) is 6.69. The minimum absolute atomic E-state index is 0.489. The minimum atomic E-state index is 0.489. The van der Waals surface area contributed by atoms with Gasteiger partial charge in [-0.15, -0.1) is 0 Å². The molecule has 0 unspecified atom stereocenters. The Kier molecular flexibility index (Phi) is 2.49. The fourth-order valence-corrected chi connectivity index (χ4v) is 1.14. The summed E-state index contributed by atoms with van der Waals surface area (Å²) in [4.78, 5) is 2.09. The summed E-state index contributed by atoms with van der Waals surface area (Å²) in [6.45, 7) is 2.16. The summed E-state index contributed by atoms with van der Waals surface area (Å²) in [6.07, 6.45) is 2.77. The number of likely N-dealkylation sites (tertiary alicyclic amines) is 1. The summed E-state index contributed by atoms with van der Waals surface area (Å²) in [6, 6.07) is 0. The maximum absolute atomic E-state index is 5.18. The second-order valence-electron chi connectivity index (χ2n) is 2.55. The predicted molar refractivity (Wildman–Crippen MR) is 37.0 cm³/mol. The molecule has 1 radical (unpaired) electrons. The van der Waals surface area contributed by atoms with Gasteiger partial charge in [0.2, 0.25) is 0 Å². The molecular weight excluding hydrogens is 114 g/mol. The van der Waals surface area contributed by atoms with Crippen LogP contribution < -0.4 is 0 Å². The van der Waals surface area contributed by atoms with Crippen molar-refractivity contribution in [2.24, 2.45) is 0 Å². The van der Waals surface area contributed by atoms with E-state index in [9.17, 15) is 0 Å². The van der Waals surface area contributed by atoms with Crippen molar-refractivity contribution in [3.05, 3.63) is 7.05 Å². The largest absolute Gasteiger partial charge is 0.381 e. The van der Waals surface area contributed by atoms with Gasteiger partial charge in [0.15, 0.2) is 0 Å². The smallest absolute Gasteiger partial charge is 0.0595 e. The number of ether oxygens (including phenoxy) is 1. The Morgan fingerprint density at radius 2 is 2.00 bits per heavy atom. The number of nitrogens with zero attached hydrogens (tertiary/aromatic N) is 1. The first-order chi connectivity index (χ1) is 4.33. The van der Waals surface area contributed by atoms with E-state index in [1.165, 1.54) is 0 Å². The molecule has 0 aliphatic carbocycles. The zero-order valence-corrected chi connectivity index (χ0v) is 5.97. The lowest BCUT2D eigenvalue weighted by Gasteiger charge is -2.27. The van der Waals surface area contributed by atoms with Crippen LogP contribution in [0.15, 0.2) is 0 Å². The van der Waals surface area contributed by atoms with Crippen LogP contribution in [0, 0.1) is 7.05 Å². The van der Waals surface area contributed by atoms with E-state index in [1.54, 1.807) is 7.11 Å². The summed E-state index contributed by atoms with van der Waals surface area (Å²) in [5.41, 5.74) is 0. The molecule has 0 spiro atoms. The Morgan fingerprint density at radius 3 is 2.44 bits per heavy atom. The van der Waals surface area contributed by atoms with Gasteiger partial charge in [-0.3, -0.25) is 0 Å². The van der Waals surface area contributed by atoms with Crippen LogP contribution in [0.3, 0.4) is 0 Å². The molecule has 0 atom stereocenters. The molecule has 53 valence electrons. The number of methoxy groups -OCH3 is 1. The number of hydrogen-bond acceptors (Lipinski definition) is 2. The van der Waals surface area contributed by atoms with E-state index in [2.05, 4.69) is 11.9 Å². The SMILES string of the molecule is [CH2]N1CCC(OC)CC1. The first-order valence-electron chi connectivity index (χ1n) is 3.41. The highest BCUT2D eigenvalue weighted by Crippen LogP contribution is 2.10. The van der Waals surface area contributed by atoms with Gasteiger partial charge in [0, 0.05) is 27.2 Å². The van der Waals surface area contributed by atoms with E-state index in [0.29, 0.717) is 6.10 Å². The molecule has 2 heteroatoms. The third-order valence-corrected chi connectivity index (χ3v) is 1.87. The Morgan fingerprint density at radius 1 is 1.44 bits per heavy atom. The monoisotopic (exact) mass is 128 g/mol. The molecule has 0 amide bonds. The molecule has 9 heavy (non-hydrogen) atoms. The van der Waals surface area contributed by atoms with Gasteiger partial charge in [0.1, 0.15) is 0 Å². The van der Waals surface area contributed by atoms with Crippen molar-refractivity contribution in [3.8, 4) is 0 Å². The highest BCUT2D eigenvalue weighted by Gasteiger charge is 2.14. The summed E-state index contributed by atoms with van der Waals surface area (Å²) in [5, 5.41) is 0. The standard InChI is InChI=1S/C7H14NO/c1-8-5-3-7(9-2)4-6-8/h7H,1,3-6H2,2H3. The van der Waals surface area contributed by atoms with E-state index in [1.807, 2.05) is 0 Å². The third-order valence-electron chi connectivity index (χ3n) is 1.87. The third kappa shape index (κ3) is 1.95. The second kappa shape index (κ2) is 3.18. The lowest BCUT2D eigenvalue weighted by atomic mass is 10.1. The molecule has 1 fully saturated rings. The van der Waals surface area contributed by atoms with Crippen LogP contribution in [-0.4, -0.2) is 31.2 Å². The van der Waals surface area contributed by atoms with Crippen LogP contribution in [0.1, 0.15) is 12.8 Å². The van der Waals surface area contributed by atoms with Crippen molar-refractivity contribution < 1.29 is 4.74 Å². The van der Waals surface area contributed by atoms with Crippen LogP contribution in [0.4, 0.5) is 0 Å². The van der Waals surface area contributed by atoms with Crippen LogP contribution >= 0.6 is 0 Å². The van der Waals surface area contributed by atoms with Crippen molar-refractivity contribution in [2.75, 3.05) is 20.2 Å². The predicted octanol–water partition coefficient (Wildman–Crippen LogP) is 0.889. The van der Waals surface area contributed by atoms with E-state index in [0.717, 1.165) is 25.9 Å². The number of rotatable bonds is 1. The van der Waals surface area contributed by atoms with Crippen molar-refractivity contribution >= 4 is 0 Å². The van der Waals surface area contributed by atoms with Crippen molar-refractivity contribution in [3.63, 3.8) is 0 Å². The van der Waals surface area contributed by atoms with Crippen LogP contribution in [0.25, 0.3) is 0 Å². The Bertz CT molecular complexity index is 77.0. The molecule has 1 rings (SSSR count). The summed E-state index contributed by atoms with van der Waals surface area (Å²) >= 11 is 0. The molecule has 2 nitrogen and oxygen atoms in total. The molecule has 1 aliphatic heterocycles. The van der Waals surface area contributed by atoms with E-state index in [-0.39, 0.29) is 0 Å². The lowest BCUT2D eigenvalue weighted by Crippen LogP contribution is -2.32. The van der Waals surface area contributed by atoms with Gasteiger partial charge in [-0.2, -0.15) is 0 Å². The van der Waals surface area contributed by atoms with Crippen LogP contribution in [0.2, 0.25) is 0 Å². The lowest BCUT2D eigenvalue weighted by molar-refractivity contribution is 0.0526. The first-order valence-corrected chi connectivity index (χ1v) is 3.41.